The third-order valence-corrected chi connectivity index (χ3v) is 4.54. The fourth-order valence-electron chi connectivity index (χ4n) is 1.87. The lowest BCUT2D eigenvalue weighted by Crippen LogP contribution is -2.15. The van der Waals surface area contributed by atoms with Crippen LogP contribution < -0.4 is 10.1 Å². The van der Waals surface area contributed by atoms with Gasteiger partial charge in [0.05, 0.1) is 32.9 Å². The van der Waals surface area contributed by atoms with Gasteiger partial charge in [-0.1, -0.05) is 64.6 Å². The molecule has 2 rings (SSSR count). The van der Waals surface area contributed by atoms with Crippen LogP contribution in [-0.2, 0) is 0 Å². The van der Waals surface area contributed by atoms with Gasteiger partial charge in [0, 0.05) is 4.47 Å². The molecule has 1 N–H and O–H groups in total. The van der Waals surface area contributed by atoms with E-state index in [1.807, 2.05) is 19.9 Å². The molecule has 0 atom stereocenters. The van der Waals surface area contributed by atoms with Gasteiger partial charge in [0.1, 0.15) is 5.75 Å². The Morgan fingerprint density at radius 1 is 1.12 bits per heavy atom. The normalized spacial score (nSPS) is 10.8. The first kappa shape index (κ1) is 19.4. The third kappa shape index (κ3) is 5.03. The SMILES string of the molecule is CC(C)COc1ccc(Br)cc1C(=O)Nc1cc(Cl)c(Cl)cc1Cl. The fraction of sp³-hybridized carbons (Fsp3) is 0.235. The summed E-state index contributed by atoms with van der Waals surface area (Å²) in [7, 11) is 0. The van der Waals surface area contributed by atoms with Crippen LogP contribution in [0.25, 0.3) is 0 Å². The second-order valence-corrected chi connectivity index (χ2v) is 7.68. The fourth-order valence-corrected chi connectivity index (χ4v) is 2.83. The van der Waals surface area contributed by atoms with Gasteiger partial charge in [0.25, 0.3) is 5.91 Å². The quantitative estimate of drug-likeness (QED) is 0.514. The van der Waals surface area contributed by atoms with Crippen molar-refractivity contribution < 1.29 is 9.53 Å². The van der Waals surface area contributed by atoms with Gasteiger partial charge in [0.2, 0.25) is 0 Å². The molecule has 0 aromatic heterocycles. The first-order chi connectivity index (χ1) is 11.3. The summed E-state index contributed by atoms with van der Waals surface area (Å²) in [4.78, 5) is 12.6. The number of carbonyl (C=O) groups is 1. The maximum absolute atomic E-state index is 12.6. The van der Waals surface area contributed by atoms with Crippen LogP contribution in [0.3, 0.4) is 0 Å². The number of halogens is 4. The molecule has 0 spiro atoms. The number of amides is 1. The molecule has 0 heterocycles. The molecule has 0 bridgehead atoms. The Balaban J connectivity index is 2.29. The van der Waals surface area contributed by atoms with Gasteiger partial charge in [-0.2, -0.15) is 0 Å². The van der Waals surface area contributed by atoms with Crippen LogP contribution in [0.5, 0.6) is 5.75 Å². The van der Waals surface area contributed by atoms with E-state index in [2.05, 4.69) is 21.2 Å². The Morgan fingerprint density at radius 3 is 2.46 bits per heavy atom. The molecule has 2 aromatic rings. The van der Waals surface area contributed by atoms with Crippen LogP contribution in [-0.4, -0.2) is 12.5 Å². The monoisotopic (exact) mass is 449 g/mol. The number of hydrogen-bond acceptors (Lipinski definition) is 2. The molecule has 24 heavy (non-hydrogen) atoms. The smallest absolute Gasteiger partial charge is 0.259 e. The van der Waals surface area contributed by atoms with Crippen molar-refractivity contribution in [2.75, 3.05) is 11.9 Å². The summed E-state index contributed by atoms with van der Waals surface area (Å²) < 4.78 is 6.49. The van der Waals surface area contributed by atoms with Crippen LogP contribution >= 0.6 is 50.7 Å². The molecule has 128 valence electrons. The van der Waals surface area contributed by atoms with Crippen molar-refractivity contribution in [3.63, 3.8) is 0 Å². The minimum absolute atomic E-state index is 0.303. The lowest BCUT2D eigenvalue weighted by atomic mass is 10.1. The largest absolute Gasteiger partial charge is 0.492 e. The second-order valence-electron chi connectivity index (χ2n) is 5.55. The van der Waals surface area contributed by atoms with Gasteiger partial charge in [-0.05, 0) is 36.2 Å². The summed E-state index contributed by atoms with van der Waals surface area (Å²) in [6.45, 7) is 4.58. The highest BCUT2D eigenvalue weighted by Gasteiger charge is 2.16. The van der Waals surface area contributed by atoms with E-state index >= 15 is 0 Å². The van der Waals surface area contributed by atoms with Gasteiger partial charge < -0.3 is 10.1 Å². The van der Waals surface area contributed by atoms with Gasteiger partial charge in [-0.3, -0.25) is 4.79 Å². The molecular weight excluding hydrogens is 436 g/mol. The number of nitrogens with one attached hydrogen (secondary N) is 1. The average molecular weight is 452 g/mol. The molecule has 0 saturated carbocycles. The van der Waals surface area contributed by atoms with E-state index < -0.39 is 0 Å². The summed E-state index contributed by atoms with van der Waals surface area (Å²) in [6, 6.07) is 8.25. The highest BCUT2D eigenvalue weighted by molar-refractivity contribution is 9.10. The van der Waals surface area contributed by atoms with Crippen molar-refractivity contribution in [2.45, 2.75) is 13.8 Å². The highest BCUT2D eigenvalue weighted by atomic mass is 79.9. The van der Waals surface area contributed by atoms with Crippen molar-refractivity contribution in [1.29, 1.82) is 0 Å². The van der Waals surface area contributed by atoms with Gasteiger partial charge in [-0.15, -0.1) is 0 Å². The molecule has 3 nitrogen and oxygen atoms in total. The van der Waals surface area contributed by atoms with Crippen molar-refractivity contribution in [1.82, 2.24) is 0 Å². The van der Waals surface area contributed by atoms with E-state index in [0.717, 1.165) is 4.47 Å². The third-order valence-electron chi connectivity index (χ3n) is 3.02. The lowest BCUT2D eigenvalue weighted by Gasteiger charge is -2.14. The number of carbonyl (C=O) groups excluding carboxylic acids is 1. The molecule has 0 aliphatic rings. The van der Waals surface area contributed by atoms with Gasteiger partial charge >= 0.3 is 0 Å². The first-order valence-electron chi connectivity index (χ1n) is 7.16. The Hall–Kier alpha value is -0.940. The van der Waals surface area contributed by atoms with Crippen LogP contribution in [0.1, 0.15) is 24.2 Å². The zero-order valence-corrected chi connectivity index (χ0v) is 16.9. The highest BCUT2D eigenvalue weighted by Crippen LogP contribution is 2.33. The molecule has 0 radical (unpaired) electrons. The van der Waals surface area contributed by atoms with Gasteiger partial charge in [0.15, 0.2) is 0 Å². The van der Waals surface area contributed by atoms with Crippen LogP contribution in [0.4, 0.5) is 5.69 Å². The number of hydrogen-bond donors (Lipinski definition) is 1. The predicted octanol–water partition coefficient (Wildman–Crippen LogP) is 6.70. The number of rotatable bonds is 5. The summed E-state index contributed by atoms with van der Waals surface area (Å²) in [5, 5.41) is 3.67. The standard InChI is InChI=1S/C17H15BrCl3NO2/c1-9(2)8-24-16-4-3-10(18)5-11(16)17(23)22-15-7-13(20)12(19)6-14(15)21/h3-7,9H,8H2,1-2H3,(H,22,23). The molecule has 0 unspecified atom stereocenters. The number of benzene rings is 2. The summed E-state index contributed by atoms with van der Waals surface area (Å²) >= 11 is 21.4. The van der Waals surface area contributed by atoms with E-state index in [4.69, 9.17) is 39.5 Å². The van der Waals surface area contributed by atoms with E-state index in [1.54, 1.807) is 12.1 Å². The predicted molar refractivity (Wildman–Crippen MR) is 104 cm³/mol. The summed E-state index contributed by atoms with van der Waals surface area (Å²) in [5.41, 5.74) is 0.776. The van der Waals surface area contributed by atoms with Crippen molar-refractivity contribution in [3.8, 4) is 5.75 Å². The second kappa shape index (κ2) is 8.43. The Morgan fingerprint density at radius 2 is 1.79 bits per heavy atom. The zero-order chi connectivity index (χ0) is 17.9. The molecular formula is C17H15BrCl3NO2. The molecule has 1 amide bonds. The number of ether oxygens (including phenoxy) is 1. The van der Waals surface area contributed by atoms with Crippen LogP contribution in [0, 0.1) is 5.92 Å². The number of anilines is 1. The molecule has 7 heteroatoms. The molecule has 0 aliphatic carbocycles. The van der Waals surface area contributed by atoms with Crippen LogP contribution in [0.15, 0.2) is 34.8 Å². The molecule has 2 aromatic carbocycles. The minimum Gasteiger partial charge on any atom is -0.492 e. The summed E-state index contributed by atoms with van der Waals surface area (Å²) in [6.07, 6.45) is 0. The van der Waals surface area contributed by atoms with Crippen molar-refractivity contribution in [2.24, 2.45) is 5.92 Å². The lowest BCUT2D eigenvalue weighted by molar-refractivity contribution is 0.102. The molecule has 0 aliphatic heterocycles. The van der Waals surface area contributed by atoms with E-state index in [1.165, 1.54) is 12.1 Å². The van der Waals surface area contributed by atoms with Crippen molar-refractivity contribution >= 4 is 62.3 Å². The maximum atomic E-state index is 12.6. The van der Waals surface area contributed by atoms with Crippen molar-refractivity contribution in [3.05, 3.63) is 55.4 Å². The topological polar surface area (TPSA) is 38.3 Å². The van der Waals surface area contributed by atoms with Crippen LogP contribution in [0.2, 0.25) is 15.1 Å². The summed E-state index contributed by atoms with van der Waals surface area (Å²) in [5.74, 6) is 0.491. The van der Waals surface area contributed by atoms with E-state index in [-0.39, 0.29) is 5.91 Å². The Labute approximate surface area is 164 Å². The van der Waals surface area contributed by atoms with E-state index in [9.17, 15) is 4.79 Å². The Kier molecular flexibility index (Phi) is 6.81. The maximum Gasteiger partial charge on any atom is 0.259 e. The van der Waals surface area contributed by atoms with E-state index in [0.29, 0.717) is 44.6 Å². The molecule has 0 saturated heterocycles. The van der Waals surface area contributed by atoms with Gasteiger partial charge in [-0.25, -0.2) is 0 Å². The zero-order valence-electron chi connectivity index (χ0n) is 13.0. The minimum atomic E-state index is -0.352. The first-order valence-corrected chi connectivity index (χ1v) is 9.09. The molecule has 0 fully saturated rings. The Bertz CT molecular complexity index is 766. The average Bonchev–Trinajstić information content (AvgIpc) is 2.51.